The van der Waals surface area contributed by atoms with Gasteiger partial charge < -0.3 is 9.47 Å². The summed E-state index contributed by atoms with van der Waals surface area (Å²) in [5.74, 6) is 2.20. The lowest BCUT2D eigenvalue weighted by Crippen LogP contribution is -2.08. The van der Waals surface area contributed by atoms with E-state index in [1.54, 1.807) is 4.68 Å². The summed E-state index contributed by atoms with van der Waals surface area (Å²) in [5.41, 5.74) is 1.12. The van der Waals surface area contributed by atoms with Crippen molar-refractivity contribution in [2.24, 2.45) is 0 Å². The van der Waals surface area contributed by atoms with Crippen molar-refractivity contribution >= 4 is 31.9 Å². The van der Waals surface area contributed by atoms with Gasteiger partial charge in [-0.25, -0.2) is 9.67 Å². The lowest BCUT2D eigenvalue weighted by atomic mass is 10.2. The minimum atomic E-state index is 0.347. The highest BCUT2D eigenvalue weighted by Gasteiger charge is 2.13. The number of nitrogens with zero attached hydrogens (tertiary/aromatic N) is 3. The van der Waals surface area contributed by atoms with Gasteiger partial charge in [-0.1, -0.05) is 15.9 Å². The maximum absolute atomic E-state index is 5.90. The first-order valence-corrected chi connectivity index (χ1v) is 8.61. The summed E-state index contributed by atoms with van der Waals surface area (Å²) in [7, 11) is 0. The minimum Gasteiger partial charge on any atom is -0.490 e. The SMILES string of the molecule is CCOc1cc(CBr)cc(Br)c1OCc1ncnn1CC. The molecule has 0 saturated heterocycles. The largest absolute Gasteiger partial charge is 0.490 e. The maximum Gasteiger partial charge on any atom is 0.176 e. The van der Waals surface area contributed by atoms with E-state index in [0.717, 1.165) is 33.5 Å². The van der Waals surface area contributed by atoms with Crippen LogP contribution in [0, 0.1) is 0 Å². The van der Waals surface area contributed by atoms with Gasteiger partial charge in [-0.2, -0.15) is 5.10 Å². The first-order chi connectivity index (χ1) is 10.2. The number of hydrogen-bond donors (Lipinski definition) is 0. The summed E-state index contributed by atoms with van der Waals surface area (Å²) < 4.78 is 14.2. The second kappa shape index (κ2) is 7.79. The van der Waals surface area contributed by atoms with Gasteiger partial charge in [0, 0.05) is 11.9 Å². The van der Waals surface area contributed by atoms with Crippen LogP contribution in [-0.4, -0.2) is 21.4 Å². The Kier molecular flexibility index (Phi) is 6.05. The van der Waals surface area contributed by atoms with E-state index in [0.29, 0.717) is 19.0 Å². The third kappa shape index (κ3) is 3.97. The van der Waals surface area contributed by atoms with Crippen molar-refractivity contribution in [1.82, 2.24) is 14.8 Å². The zero-order chi connectivity index (χ0) is 15.2. The number of aryl methyl sites for hydroxylation is 1. The molecule has 0 spiro atoms. The van der Waals surface area contributed by atoms with Crippen LogP contribution in [0.5, 0.6) is 11.5 Å². The Balaban J connectivity index is 2.22. The Morgan fingerprint density at radius 1 is 1.24 bits per heavy atom. The zero-order valence-corrected chi connectivity index (χ0v) is 15.1. The van der Waals surface area contributed by atoms with Gasteiger partial charge in [0.15, 0.2) is 17.3 Å². The molecule has 0 bridgehead atoms. The lowest BCUT2D eigenvalue weighted by Gasteiger charge is -2.15. The van der Waals surface area contributed by atoms with Crippen LogP contribution in [0.4, 0.5) is 0 Å². The van der Waals surface area contributed by atoms with Crippen LogP contribution in [0.2, 0.25) is 0 Å². The molecule has 0 unspecified atom stereocenters. The van der Waals surface area contributed by atoms with Gasteiger partial charge in [-0.3, -0.25) is 0 Å². The molecule has 0 radical (unpaired) electrons. The molecule has 5 nitrogen and oxygen atoms in total. The predicted molar refractivity (Wildman–Crippen MR) is 88.0 cm³/mol. The van der Waals surface area contributed by atoms with E-state index in [9.17, 15) is 0 Å². The molecule has 2 rings (SSSR count). The van der Waals surface area contributed by atoms with Gasteiger partial charge in [0.1, 0.15) is 12.9 Å². The highest BCUT2D eigenvalue weighted by molar-refractivity contribution is 9.10. The minimum absolute atomic E-state index is 0.347. The van der Waals surface area contributed by atoms with Crippen molar-refractivity contribution in [3.05, 3.63) is 34.3 Å². The summed E-state index contributed by atoms with van der Waals surface area (Å²) in [4.78, 5) is 4.20. The number of rotatable bonds is 7. The Morgan fingerprint density at radius 3 is 2.71 bits per heavy atom. The molecule has 0 atom stereocenters. The average Bonchev–Trinajstić information content (AvgIpc) is 2.94. The molecule has 1 heterocycles. The maximum atomic E-state index is 5.90. The Bertz CT molecular complexity index is 602. The fourth-order valence-electron chi connectivity index (χ4n) is 1.90. The van der Waals surface area contributed by atoms with Crippen molar-refractivity contribution in [2.45, 2.75) is 32.3 Å². The van der Waals surface area contributed by atoms with Crippen molar-refractivity contribution in [1.29, 1.82) is 0 Å². The highest BCUT2D eigenvalue weighted by atomic mass is 79.9. The number of halogens is 2. The number of benzene rings is 1. The molecule has 0 fully saturated rings. The van der Waals surface area contributed by atoms with Crippen LogP contribution in [-0.2, 0) is 18.5 Å². The summed E-state index contributed by atoms with van der Waals surface area (Å²) in [6.45, 7) is 5.66. The molecular formula is C14H17Br2N3O2. The van der Waals surface area contributed by atoms with Crippen LogP contribution in [0.15, 0.2) is 22.9 Å². The fraction of sp³-hybridized carbons (Fsp3) is 0.429. The molecule has 0 N–H and O–H groups in total. The van der Waals surface area contributed by atoms with Crippen LogP contribution < -0.4 is 9.47 Å². The predicted octanol–water partition coefficient (Wildman–Crippen LogP) is 3.93. The molecule has 7 heteroatoms. The zero-order valence-electron chi connectivity index (χ0n) is 12.0. The summed E-state index contributed by atoms with van der Waals surface area (Å²) in [6.07, 6.45) is 1.54. The molecule has 0 aliphatic rings. The third-order valence-corrected chi connectivity index (χ3v) is 4.10. The first kappa shape index (κ1) is 16.3. The average molecular weight is 419 g/mol. The molecule has 1 aromatic heterocycles. The van der Waals surface area contributed by atoms with E-state index < -0.39 is 0 Å². The summed E-state index contributed by atoms with van der Waals surface area (Å²) in [5, 5.41) is 4.89. The van der Waals surface area contributed by atoms with Gasteiger partial charge in [0.25, 0.3) is 0 Å². The molecule has 21 heavy (non-hydrogen) atoms. The van der Waals surface area contributed by atoms with Crippen molar-refractivity contribution in [3.8, 4) is 11.5 Å². The molecule has 0 amide bonds. The van der Waals surface area contributed by atoms with E-state index in [2.05, 4.69) is 41.9 Å². The van der Waals surface area contributed by atoms with Gasteiger partial charge in [-0.05, 0) is 47.5 Å². The second-order valence-corrected chi connectivity index (χ2v) is 5.67. The van der Waals surface area contributed by atoms with Crippen molar-refractivity contribution < 1.29 is 9.47 Å². The lowest BCUT2D eigenvalue weighted by molar-refractivity contribution is 0.256. The van der Waals surface area contributed by atoms with Gasteiger partial charge in [0.2, 0.25) is 0 Å². The summed E-state index contributed by atoms with van der Waals surface area (Å²) in [6, 6.07) is 3.99. The Labute approximate surface area is 140 Å². The Morgan fingerprint density at radius 2 is 2.05 bits per heavy atom. The smallest absolute Gasteiger partial charge is 0.176 e. The summed E-state index contributed by atoms with van der Waals surface area (Å²) >= 11 is 6.99. The number of aromatic nitrogens is 3. The quantitative estimate of drug-likeness (QED) is 0.639. The van der Waals surface area contributed by atoms with Gasteiger partial charge in [0.05, 0.1) is 11.1 Å². The van der Waals surface area contributed by atoms with E-state index in [1.807, 2.05) is 26.0 Å². The van der Waals surface area contributed by atoms with Crippen molar-refractivity contribution in [2.75, 3.05) is 6.61 Å². The highest BCUT2D eigenvalue weighted by Crippen LogP contribution is 2.37. The van der Waals surface area contributed by atoms with E-state index in [4.69, 9.17) is 9.47 Å². The van der Waals surface area contributed by atoms with Crippen LogP contribution >= 0.6 is 31.9 Å². The van der Waals surface area contributed by atoms with Crippen molar-refractivity contribution in [3.63, 3.8) is 0 Å². The van der Waals surface area contributed by atoms with Crippen LogP contribution in [0.25, 0.3) is 0 Å². The molecule has 114 valence electrons. The van der Waals surface area contributed by atoms with Crippen LogP contribution in [0.3, 0.4) is 0 Å². The van der Waals surface area contributed by atoms with E-state index >= 15 is 0 Å². The van der Waals surface area contributed by atoms with Crippen LogP contribution in [0.1, 0.15) is 25.2 Å². The topological polar surface area (TPSA) is 49.2 Å². The normalized spacial score (nSPS) is 10.7. The fourth-order valence-corrected chi connectivity index (χ4v) is 2.83. The Hall–Kier alpha value is -1.08. The monoisotopic (exact) mass is 417 g/mol. The number of hydrogen-bond acceptors (Lipinski definition) is 4. The van der Waals surface area contributed by atoms with E-state index in [-0.39, 0.29) is 0 Å². The number of alkyl halides is 1. The molecule has 1 aromatic carbocycles. The van der Waals surface area contributed by atoms with Gasteiger partial charge in [-0.15, -0.1) is 0 Å². The molecule has 2 aromatic rings. The second-order valence-electron chi connectivity index (χ2n) is 4.25. The first-order valence-electron chi connectivity index (χ1n) is 6.70. The molecule has 0 aliphatic carbocycles. The van der Waals surface area contributed by atoms with Gasteiger partial charge >= 0.3 is 0 Å². The molecule has 0 aliphatic heterocycles. The number of ether oxygens (including phenoxy) is 2. The third-order valence-electron chi connectivity index (χ3n) is 2.86. The van der Waals surface area contributed by atoms with E-state index in [1.165, 1.54) is 6.33 Å². The standard InChI is InChI=1S/C14H17Br2N3O2/c1-3-19-13(17-9-18-19)8-21-14-11(16)5-10(7-15)6-12(14)20-4-2/h5-6,9H,3-4,7-8H2,1-2H3. The molecule has 0 saturated carbocycles. The molecular weight excluding hydrogens is 402 g/mol.